The topological polar surface area (TPSA) is 21.1 Å². The lowest BCUT2D eigenvalue weighted by atomic mass is 10.1. The number of aromatic nitrogens is 2. The average Bonchev–Trinajstić information content (AvgIpc) is 2.75. The molecule has 0 aromatic carbocycles. The Labute approximate surface area is 92.1 Å². The van der Waals surface area contributed by atoms with Gasteiger partial charge in [0.2, 0.25) is 0 Å². The van der Waals surface area contributed by atoms with Gasteiger partial charge in [0.1, 0.15) is 5.82 Å². The summed E-state index contributed by atoms with van der Waals surface area (Å²) in [5.74, 6) is 1.32. The first-order valence-corrected chi connectivity index (χ1v) is 6.18. The zero-order chi connectivity index (χ0) is 10.5. The van der Waals surface area contributed by atoms with Gasteiger partial charge in [0.15, 0.2) is 0 Å². The predicted molar refractivity (Wildman–Crippen MR) is 63.2 cm³/mol. The van der Waals surface area contributed by atoms with E-state index in [0.717, 1.165) is 6.54 Å². The molecule has 0 aliphatic carbocycles. The minimum Gasteiger partial charge on any atom is -0.357 e. The van der Waals surface area contributed by atoms with E-state index in [4.69, 9.17) is 0 Å². The first-order chi connectivity index (χ1) is 7.42. The van der Waals surface area contributed by atoms with Gasteiger partial charge in [-0.25, -0.2) is 4.68 Å². The monoisotopic (exact) mass is 207 g/mol. The Hall–Kier alpha value is -0.990. The maximum Gasteiger partial charge on any atom is 0.126 e. The summed E-state index contributed by atoms with van der Waals surface area (Å²) >= 11 is 0. The molecule has 1 aliphatic heterocycles. The molecule has 0 unspecified atom stereocenters. The van der Waals surface area contributed by atoms with E-state index in [-0.39, 0.29) is 0 Å². The summed E-state index contributed by atoms with van der Waals surface area (Å²) in [7, 11) is 0. The lowest BCUT2D eigenvalue weighted by Crippen LogP contribution is -2.31. The molecule has 0 radical (unpaired) electrons. The average molecular weight is 207 g/mol. The van der Waals surface area contributed by atoms with Gasteiger partial charge in [-0.1, -0.05) is 13.3 Å². The van der Waals surface area contributed by atoms with E-state index in [9.17, 15) is 0 Å². The molecule has 3 heteroatoms. The van der Waals surface area contributed by atoms with Gasteiger partial charge in [0.05, 0.1) is 6.20 Å². The van der Waals surface area contributed by atoms with Gasteiger partial charge in [-0.2, -0.15) is 5.10 Å². The third-order valence-electron chi connectivity index (χ3n) is 3.10. The molecule has 2 rings (SSSR count). The van der Waals surface area contributed by atoms with Crippen LogP contribution in [-0.4, -0.2) is 22.9 Å². The lowest BCUT2D eigenvalue weighted by Gasteiger charge is -2.28. The summed E-state index contributed by atoms with van der Waals surface area (Å²) in [6.07, 6.45) is 8.44. The molecular formula is C12H21N3. The van der Waals surface area contributed by atoms with E-state index in [1.807, 2.05) is 6.20 Å². The van der Waals surface area contributed by atoms with Gasteiger partial charge in [-0.15, -0.1) is 0 Å². The molecule has 2 heterocycles. The number of hydrogen-bond acceptors (Lipinski definition) is 2. The number of aryl methyl sites for hydroxylation is 1. The standard InChI is InChI=1S/C12H21N3/c1-2-3-11-15-12(7-8-13-15)14-9-5-4-6-10-14/h7-8H,2-6,9-11H2,1H3. The second-order valence-electron chi connectivity index (χ2n) is 4.31. The van der Waals surface area contributed by atoms with Crippen LogP contribution >= 0.6 is 0 Å². The minimum atomic E-state index is 1.06. The molecule has 0 saturated carbocycles. The molecular weight excluding hydrogens is 186 g/mol. The van der Waals surface area contributed by atoms with Crippen LogP contribution in [0.5, 0.6) is 0 Å². The Morgan fingerprint density at radius 3 is 2.80 bits per heavy atom. The molecule has 3 nitrogen and oxygen atoms in total. The van der Waals surface area contributed by atoms with Crippen molar-refractivity contribution in [2.75, 3.05) is 18.0 Å². The Kier molecular flexibility index (Phi) is 3.64. The molecule has 1 fully saturated rings. The number of nitrogens with zero attached hydrogens (tertiary/aromatic N) is 3. The van der Waals surface area contributed by atoms with Crippen molar-refractivity contribution in [3.63, 3.8) is 0 Å². The van der Waals surface area contributed by atoms with Crippen molar-refractivity contribution < 1.29 is 0 Å². The van der Waals surface area contributed by atoms with Gasteiger partial charge in [-0.3, -0.25) is 0 Å². The van der Waals surface area contributed by atoms with Crippen LogP contribution in [0.3, 0.4) is 0 Å². The second kappa shape index (κ2) is 5.19. The van der Waals surface area contributed by atoms with Crippen LogP contribution < -0.4 is 4.90 Å². The van der Waals surface area contributed by atoms with E-state index in [1.165, 1.54) is 51.0 Å². The molecule has 0 atom stereocenters. The molecule has 1 aromatic heterocycles. The third kappa shape index (κ3) is 2.52. The van der Waals surface area contributed by atoms with E-state index >= 15 is 0 Å². The molecule has 1 aliphatic rings. The van der Waals surface area contributed by atoms with Crippen LogP contribution in [0.2, 0.25) is 0 Å². The van der Waals surface area contributed by atoms with Crippen molar-refractivity contribution >= 4 is 5.82 Å². The first kappa shape index (κ1) is 10.5. The van der Waals surface area contributed by atoms with Crippen molar-refractivity contribution in [1.82, 2.24) is 9.78 Å². The van der Waals surface area contributed by atoms with Crippen molar-refractivity contribution in [2.45, 2.75) is 45.6 Å². The SMILES string of the molecule is CCCCn1nccc1N1CCCCC1. The highest BCUT2D eigenvalue weighted by molar-refractivity contribution is 5.38. The number of piperidine rings is 1. The number of unbranched alkanes of at least 4 members (excludes halogenated alkanes) is 1. The van der Waals surface area contributed by atoms with Gasteiger partial charge in [-0.05, 0) is 25.7 Å². The molecule has 0 spiro atoms. The largest absolute Gasteiger partial charge is 0.357 e. The third-order valence-corrected chi connectivity index (χ3v) is 3.10. The van der Waals surface area contributed by atoms with E-state index in [2.05, 4.69) is 27.7 Å². The lowest BCUT2D eigenvalue weighted by molar-refractivity contribution is 0.528. The van der Waals surface area contributed by atoms with E-state index in [1.54, 1.807) is 0 Å². The highest BCUT2D eigenvalue weighted by Crippen LogP contribution is 2.19. The summed E-state index contributed by atoms with van der Waals surface area (Å²) in [5, 5.41) is 4.40. The fourth-order valence-electron chi connectivity index (χ4n) is 2.20. The normalized spacial score (nSPS) is 17.0. The quantitative estimate of drug-likeness (QED) is 0.757. The van der Waals surface area contributed by atoms with E-state index in [0.29, 0.717) is 0 Å². The van der Waals surface area contributed by atoms with Crippen molar-refractivity contribution in [3.8, 4) is 0 Å². The van der Waals surface area contributed by atoms with Crippen LogP contribution in [0.1, 0.15) is 39.0 Å². The Balaban J connectivity index is 2.02. The second-order valence-corrected chi connectivity index (χ2v) is 4.31. The fourth-order valence-corrected chi connectivity index (χ4v) is 2.20. The van der Waals surface area contributed by atoms with Gasteiger partial charge < -0.3 is 4.90 Å². The minimum absolute atomic E-state index is 1.06. The smallest absolute Gasteiger partial charge is 0.126 e. The van der Waals surface area contributed by atoms with E-state index < -0.39 is 0 Å². The Morgan fingerprint density at radius 1 is 1.27 bits per heavy atom. The summed E-state index contributed by atoms with van der Waals surface area (Å²) in [5.41, 5.74) is 0. The Morgan fingerprint density at radius 2 is 2.07 bits per heavy atom. The molecule has 15 heavy (non-hydrogen) atoms. The van der Waals surface area contributed by atoms with Gasteiger partial charge >= 0.3 is 0 Å². The van der Waals surface area contributed by atoms with Crippen LogP contribution in [0.15, 0.2) is 12.3 Å². The summed E-state index contributed by atoms with van der Waals surface area (Å²) in [6, 6.07) is 2.15. The number of anilines is 1. The first-order valence-electron chi connectivity index (χ1n) is 6.18. The number of hydrogen-bond donors (Lipinski definition) is 0. The highest BCUT2D eigenvalue weighted by Gasteiger charge is 2.14. The predicted octanol–water partition coefficient (Wildman–Crippen LogP) is 2.67. The van der Waals surface area contributed by atoms with Crippen LogP contribution in [0.4, 0.5) is 5.82 Å². The number of rotatable bonds is 4. The highest BCUT2D eigenvalue weighted by atomic mass is 15.4. The van der Waals surface area contributed by atoms with Crippen LogP contribution in [0.25, 0.3) is 0 Å². The maximum atomic E-state index is 4.40. The molecule has 1 aromatic rings. The zero-order valence-corrected chi connectivity index (χ0v) is 9.65. The fraction of sp³-hybridized carbons (Fsp3) is 0.750. The van der Waals surface area contributed by atoms with Crippen molar-refractivity contribution in [1.29, 1.82) is 0 Å². The summed E-state index contributed by atoms with van der Waals surface area (Å²) in [4.78, 5) is 2.48. The zero-order valence-electron chi connectivity index (χ0n) is 9.65. The van der Waals surface area contributed by atoms with Crippen molar-refractivity contribution in [2.24, 2.45) is 0 Å². The maximum absolute atomic E-state index is 4.40. The van der Waals surface area contributed by atoms with Crippen LogP contribution in [-0.2, 0) is 6.54 Å². The molecule has 84 valence electrons. The Bertz CT molecular complexity index is 287. The molecule has 0 N–H and O–H groups in total. The van der Waals surface area contributed by atoms with Gasteiger partial charge in [0, 0.05) is 25.7 Å². The van der Waals surface area contributed by atoms with Gasteiger partial charge in [0.25, 0.3) is 0 Å². The molecule has 1 saturated heterocycles. The summed E-state index contributed by atoms with van der Waals surface area (Å²) < 4.78 is 2.16. The van der Waals surface area contributed by atoms with Crippen molar-refractivity contribution in [3.05, 3.63) is 12.3 Å². The summed E-state index contributed by atoms with van der Waals surface area (Å²) in [6.45, 7) is 5.70. The van der Waals surface area contributed by atoms with Crippen LogP contribution in [0, 0.1) is 0 Å². The molecule has 0 amide bonds. The molecule has 0 bridgehead atoms.